The molecule has 0 saturated carbocycles. The number of fused-ring (bicyclic) bond motifs is 3. The van der Waals surface area contributed by atoms with Crippen molar-refractivity contribution in [1.82, 2.24) is 29.0 Å². The predicted molar refractivity (Wildman–Crippen MR) is 172 cm³/mol. The van der Waals surface area contributed by atoms with E-state index in [9.17, 15) is 32.7 Å². The van der Waals surface area contributed by atoms with Crippen molar-refractivity contribution in [2.75, 3.05) is 49.6 Å². The minimum atomic E-state index is -4.52. The highest BCUT2D eigenvalue weighted by Crippen LogP contribution is 2.42. The smallest absolute Gasteiger partial charge is 0.416 e. The third kappa shape index (κ3) is 5.79. The van der Waals surface area contributed by atoms with Gasteiger partial charge in [0.15, 0.2) is 11.5 Å². The quantitative estimate of drug-likeness (QED) is 0.322. The molecule has 0 radical (unpaired) electrons. The molecule has 4 aromatic rings. The number of aryl methyl sites for hydroxylation is 1. The maximum absolute atomic E-state index is 14.3. The van der Waals surface area contributed by atoms with E-state index in [1.807, 2.05) is 17.9 Å². The largest absolute Gasteiger partial charge is 0.505 e. The summed E-state index contributed by atoms with van der Waals surface area (Å²) in [6, 6.07) is 5.21. The second-order valence-electron chi connectivity index (χ2n) is 12.4. The Hall–Kier alpha value is -5.25. The number of aromatic hydroxyl groups is 1. The number of anilines is 2. The SMILES string of the molecule is Cc1cc(C(F)(F)F)ccc1NC(=O)[C@H]1C[C@H](C)c2c(N3CCN(C(=O)c4ncccc4O)CC3)c(=O)n3nc(C4=CCOCC4)nc3n21. The Labute approximate surface area is 277 Å². The highest BCUT2D eigenvalue weighted by atomic mass is 19.4. The Morgan fingerprint density at radius 2 is 1.90 bits per heavy atom. The summed E-state index contributed by atoms with van der Waals surface area (Å²) in [6.07, 6.45) is -0.401. The summed E-state index contributed by atoms with van der Waals surface area (Å²) in [5.74, 6) is -0.878. The van der Waals surface area contributed by atoms with Gasteiger partial charge in [-0.25, -0.2) is 4.98 Å². The molecule has 0 spiro atoms. The third-order valence-electron chi connectivity index (χ3n) is 9.29. The van der Waals surface area contributed by atoms with Crippen LogP contribution >= 0.6 is 0 Å². The van der Waals surface area contributed by atoms with Crippen LogP contribution in [0, 0.1) is 6.92 Å². The van der Waals surface area contributed by atoms with Crippen molar-refractivity contribution in [3.63, 3.8) is 0 Å². The maximum Gasteiger partial charge on any atom is 0.416 e. The Morgan fingerprint density at radius 3 is 2.57 bits per heavy atom. The van der Waals surface area contributed by atoms with E-state index in [0.717, 1.165) is 17.7 Å². The number of alkyl halides is 3. The van der Waals surface area contributed by atoms with Crippen LogP contribution < -0.4 is 15.8 Å². The molecule has 3 aliphatic rings. The van der Waals surface area contributed by atoms with Crippen molar-refractivity contribution >= 4 is 34.5 Å². The van der Waals surface area contributed by atoms with E-state index >= 15 is 0 Å². The molecule has 1 fully saturated rings. The molecule has 256 valence electrons. The molecular weight excluding hydrogens is 645 g/mol. The Balaban J connectivity index is 1.26. The molecule has 13 nitrogen and oxygen atoms in total. The van der Waals surface area contributed by atoms with Crippen molar-refractivity contribution in [3.05, 3.63) is 81.3 Å². The van der Waals surface area contributed by atoms with Gasteiger partial charge in [-0.15, -0.1) is 5.10 Å². The fraction of sp³-hybridized carbons (Fsp3) is 0.394. The van der Waals surface area contributed by atoms with Gasteiger partial charge in [0.25, 0.3) is 11.5 Å². The number of piperazine rings is 1. The molecule has 7 rings (SSSR count). The van der Waals surface area contributed by atoms with Gasteiger partial charge in [-0.05, 0) is 61.2 Å². The Morgan fingerprint density at radius 1 is 1.12 bits per heavy atom. The molecule has 1 aromatic carbocycles. The molecule has 3 aliphatic heterocycles. The highest BCUT2D eigenvalue weighted by Gasteiger charge is 2.41. The average Bonchev–Trinajstić information content (AvgIpc) is 3.68. The second-order valence-corrected chi connectivity index (χ2v) is 12.4. The molecule has 2 atom stereocenters. The lowest BCUT2D eigenvalue weighted by Gasteiger charge is -2.36. The highest BCUT2D eigenvalue weighted by molar-refractivity contribution is 5.96. The zero-order valence-corrected chi connectivity index (χ0v) is 26.7. The van der Waals surface area contributed by atoms with Gasteiger partial charge < -0.3 is 25.0 Å². The third-order valence-corrected chi connectivity index (χ3v) is 9.29. The maximum atomic E-state index is 14.3. The monoisotopic (exact) mass is 678 g/mol. The topological polar surface area (TPSA) is 147 Å². The number of carbonyl (C=O) groups is 2. The first-order valence-electron chi connectivity index (χ1n) is 15.9. The van der Waals surface area contributed by atoms with Crippen LogP contribution in [-0.2, 0) is 15.7 Å². The van der Waals surface area contributed by atoms with Crippen molar-refractivity contribution in [2.24, 2.45) is 0 Å². The summed E-state index contributed by atoms with van der Waals surface area (Å²) in [5, 5.41) is 17.6. The van der Waals surface area contributed by atoms with Crippen molar-refractivity contribution in [3.8, 4) is 5.75 Å². The summed E-state index contributed by atoms with van der Waals surface area (Å²) < 4.78 is 48.3. The molecule has 2 N–H and O–H groups in total. The standard InChI is InChI=1S/C33H33F3N8O5/c1-18-16-21(33(34,35)36)5-6-22(18)38-29(46)23-17-19(2)26-27(41-10-12-42(13-11-41)30(47)25-24(45)4-3-9-37-25)31(48)44-32(43(23)26)39-28(40-44)20-7-14-49-15-8-20/h3-7,9,16,19,23,45H,8,10-15,17H2,1-2H3,(H,38,46)/t19-,23+/m0/s1. The number of hydrogen-bond acceptors (Lipinski definition) is 9. The van der Waals surface area contributed by atoms with Crippen LogP contribution in [0.25, 0.3) is 11.4 Å². The van der Waals surface area contributed by atoms with Crippen molar-refractivity contribution in [2.45, 2.75) is 44.8 Å². The molecule has 1 saturated heterocycles. The van der Waals surface area contributed by atoms with Gasteiger partial charge in [-0.3, -0.25) is 19.0 Å². The Bertz CT molecular complexity index is 2070. The predicted octanol–water partition coefficient (Wildman–Crippen LogP) is 3.77. The van der Waals surface area contributed by atoms with Crippen LogP contribution in [0.4, 0.5) is 24.5 Å². The fourth-order valence-corrected chi connectivity index (χ4v) is 6.79. The number of ether oxygens (including phenoxy) is 1. The van der Waals surface area contributed by atoms with Crippen LogP contribution in [0.5, 0.6) is 5.75 Å². The van der Waals surface area contributed by atoms with E-state index in [2.05, 4.69) is 15.4 Å². The number of carbonyl (C=O) groups excluding carboxylic acids is 2. The normalized spacial score (nSPS) is 19.6. The number of rotatable bonds is 5. The van der Waals surface area contributed by atoms with Gasteiger partial charge in [-0.1, -0.05) is 13.0 Å². The van der Waals surface area contributed by atoms with E-state index in [0.29, 0.717) is 43.3 Å². The lowest BCUT2D eigenvalue weighted by Crippen LogP contribution is -2.51. The van der Waals surface area contributed by atoms with Gasteiger partial charge in [0.05, 0.1) is 24.5 Å². The molecule has 0 aliphatic carbocycles. The number of halogens is 3. The van der Waals surface area contributed by atoms with Gasteiger partial charge in [0, 0.05) is 44.0 Å². The number of hydrogen-bond donors (Lipinski definition) is 2. The molecule has 2 amide bonds. The summed E-state index contributed by atoms with van der Waals surface area (Å²) >= 11 is 0. The molecule has 0 bridgehead atoms. The number of benzene rings is 1. The first-order chi connectivity index (χ1) is 23.4. The zero-order valence-electron chi connectivity index (χ0n) is 26.7. The lowest BCUT2D eigenvalue weighted by molar-refractivity contribution is -0.137. The van der Waals surface area contributed by atoms with E-state index in [4.69, 9.17) is 9.72 Å². The van der Waals surface area contributed by atoms with Crippen LogP contribution in [-0.4, -0.2) is 85.4 Å². The van der Waals surface area contributed by atoms with Crippen LogP contribution in [0.1, 0.15) is 64.9 Å². The number of nitrogens with zero attached hydrogens (tertiary/aromatic N) is 7. The second kappa shape index (κ2) is 12.3. The van der Waals surface area contributed by atoms with Gasteiger partial charge in [0.2, 0.25) is 11.7 Å². The van der Waals surface area contributed by atoms with Crippen LogP contribution in [0.2, 0.25) is 0 Å². The van der Waals surface area contributed by atoms with E-state index < -0.39 is 35.2 Å². The molecule has 16 heteroatoms. The summed E-state index contributed by atoms with van der Waals surface area (Å²) in [4.78, 5) is 53.6. The molecule has 0 unspecified atom stereocenters. The van der Waals surface area contributed by atoms with Crippen LogP contribution in [0.15, 0.2) is 47.4 Å². The summed E-state index contributed by atoms with van der Waals surface area (Å²) in [5.41, 5.74) is 0.942. The minimum Gasteiger partial charge on any atom is -0.505 e. The lowest BCUT2D eigenvalue weighted by atomic mass is 10.0. The fourth-order valence-electron chi connectivity index (χ4n) is 6.79. The molecule has 6 heterocycles. The molecule has 3 aromatic heterocycles. The number of pyridine rings is 1. The summed E-state index contributed by atoms with van der Waals surface area (Å²) in [6.45, 7) is 5.30. The van der Waals surface area contributed by atoms with Crippen molar-refractivity contribution < 1.29 is 32.6 Å². The zero-order chi connectivity index (χ0) is 34.6. The van der Waals surface area contributed by atoms with E-state index in [-0.39, 0.29) is 60.6 Å². The van der Waals surface area contributed by atoms with E-state index in [1.165, 1.54) is 35.8 Å². The first kappa shape index (κ1) is 32.3. The first-order valence-corrected chi connectivity index (χ1v) is 15.9. The van der Waals surface area contributed by atoms with Gasteiger partial charge in [-0.2, -0.15) is 22.7 Å². The van der Waals surface area contributed by atoms with E-state index in [1.54, 1.807) is 9.47 Å². The van der Waals surface area contributed by atoms with Crippen molar-refractivity contribution in [1.29, 1.82) is 0 Å². The number of nitrogens with one attached hydrogen (secondary N) is 1. The average molecular weight is 679 g/mol. The minimum absolute atomic E-state index is 0.0540. The number of amides is 2. The molecular formula is C33H33F3N8O5. The van der Waals surface area contributed by atoms with Gasteiger partial charge >= 0.3 is 6.18 Å². The van der Waals surface area contributed by atoms with Gasteiger partial charge in [0.1, 0.15) is 17.5 Å². The summed E-state index contributed by atoms with van der Waals surface area (Å²) in [7, 11) is 0. The molecule has 49 heavy (non-hydrogen) atoms. The van der Waals surface area contributed by atoms with Crippen LogP contribution in [0.3, 0.4) is 0 Å². The number of aromatic nitrogens is 5. The Kier molecular flexibility index (Phi) is 8.13.